The van der Waals surface area contributed by atoms with E-state index in [9.17, 15) is 9.59 Å². The van der Waals surface area contributed by atoms with Gasteiger partial charge in [0.15, 0.2) is 0 Å². The van der Waals surface area contributed by atoms with Crippen LogP contribution in [0.15, 0.2) is 64.2 Å². The molecule has 0 N–H and O–H groups in total. The minimum absolute atomic E-state index is 0.166. The average Bonchev–Trinajstić information content (AvgIpc) is 3.04. The van der Waals surface area contributed by atoms with Crippen molar-refractivity contribution in [3.8, 4) is 11.5 Å². The van der Waals surface area contributed by atoms with Crippen LogP contribution in [0.2, 0.25) is 0 Å². The maximum absolute atomic E-state index is 12.2. The molecule has 0 saturated heterocycles. The van der Waals surface area contributed by atoms with Crippen molar-refractivity contribution in [2.24, 2.45) is 0 Å². The van der Waals surface area contributed by atoms with Crippen LogP contribution in [0, 0.1) is 0 Å². The summed E-state index contributed by atoms with van der Waals surface area (Å²) in [7, 11) is 0. The number of rotatable bonds is 4. The van der Waals surface area contributed by atoms with E-state index in [0.29, 0.717) is 17.0 Å². The van der Waals surface area contributed by atoms with E-state index in [1.165, 1.54) is 0 Å². The van der Waals surface area contributed by atoms with Crippen LogP contribution in [-0.2, 0) is 0 Å². The van der Waals surface area contributed by atoms with Crippen molar-refractivity contribution in [2.45, 2.75) is 5.22 Å². The van der Waals surface area contributed by atoms with E-state index in [4.69, 9.17) is 4.42 Å². The second kappa shape index (κ2) is 6.91. The molecule has 2 aromatic carbocycles. The monoisotopic (exact) mass is 389 g/mol. The molecule has 0 aliphatic heterocycles. The van der Waals surface area contributed by atoms with Crippen molar-refractivity contribution in [1.82, 2.24) is 10.2 Å². The molecule has 0 aliphatic rings. The summed E-state index contributed by atoms with van der Waals surface area (Å²) in [6.45, 7) is 0. The van der Waals surface area contributed by atoms with Crippen LogP contribution in [0.3, 0.4) is 0 Å². The van der Waals surface area contributed by atoms with Gasteiger partial charge in [-0.05, 0) is 0 Å². The number of aromatic nitrogens is 2. The third-order valence-electron chi connectivity index (χ3n) is 2.96. The van der Waals surface area contributed by atoms with Crippen molar-refractivity contribution >= 4 is 37.6 Å². The third-order valence-corrected chi connectivity index (χ3v) is 4.22. The SMILES string of the molecule is O=C([Se])c1ccc(C(=O)Sc2nnc(-c3ccccc3)o2)cc1. The van der Waals surface area contributed by atoms with Crippen molar-refractivity contribution in [3.05, 3.63) is 65.7 Å². The molecule has 0 amide bonds. The van der Waals surface area contributed by atoms with E-state index in [1.807, 2.05) is 30.3 Å². The molecule has 0 fully saturated rings. The first-order chi connectivity index (χ1) is 11.1. The van der Waals surface area contributed by atoms with Crippen LogP contribution in [0.4, 0.5) is 0 Å². The number of carbonyl (C=O) groups excluding carboxylic acids is 2. The second-order valence-electron chi connectivity index (χ2n) is 4.49. The summed E-state index contributed by atoms with van der Waals surface area (Å²) < 4.78 is 5.32. The molecule has 23 heavy (non-hydrogen) atoms. The van der Waals surface area contributed by atoms with Gasteiger partial charge in [-0.3, -0.25) is 0 Å². The summed E-state index contributed by atoms with van der Waals surface area (Å²) >= 11 is 3.26. The molecule has 0 atom stereocenters. The number of carbonyl (C=O) groups is 2. The Morgan fingerprint density at radius 3 is 2.22 bits per heavy atom. The van der Waals surface area contributed by atoms with Crippen LogP contribution in [-0.4, -0.2) is 36.0 Å². The molecule has 113 valence electrons. The number of nitrogens with zero attached hydrogens (tertiary/aromatic N) is 2. The second-order valence-corrected chi connectivity index (χ2v) is 6.20. The molecule has 1 radical (unpaired) electrons. The standard InChI is InChI=1S/C16H9N2O3SSe/c19-14(11-6-8-12(9-7-11)15(20)23)22-16-18-17-13(21-16)10-4-2-1-3-5-10/h1-9H. The Bertz CT molecular complexity index is 847. The van der Waals surface area contributed by atoms with Gasteiger partial charge in [-0.15, -0.1) is 0 Å². The zero-order chi connectivity index (χ0) is 16.2. The van der Waals surface area contributed by atoms with Crippen LogP contribution >= 0.6 is 11.8 Å². The van der Waals surface area contributed by atoms with E-state index in [0.717, 1.165) is 17.3 Å². The summed E-state index contributed by atoms with van der Waals surface area (Å²) in [6.07, 6.45) is 0. The van der Waals surface area contributed by atoms with Crippen LogP contribution in [0.25, 0.3) is 11.5 Å². The quantitative estimate of drug-likeness (QED) is 0.506. The van der Waals surface area contributed by atoms with E-state index in [2.05, 4.69) is 26.2 Å². The molecule has 3 aromatic rings. The molecule has 0 saturated carbocycles. The molecule has 3 rings (SSSR count). The predicted molar refractivity (Wildman–Crippen MR) is 86.4 cm³/mol. The molecule has 0 aliphatic carbocycles. The zero-order valence-electron chi connectivity index (χ0n) is 11.6. The summed E-state index contributed by atoms with van der Waals surface area (Å²) in [5, 5.41) is 7.75. The summed E-state index contributed by atoms with van der Waals surface area (Å²) in [5.41, 5.74) is 1.76. The summed E-state index contributed by atoms with van der Waals surface area (Å²) in [6, 6.07) is 15.7. The van der Waals surface area contributed by atoms with Crippen LogP contribution < -0.4 is 0 Å². The predicted octanol–water partition coefficient (Wildman–Crippen LogP) is 2.98. The van der Waals surface area contributed by atoms with Crippen LogP contribution in [0.5, 0.6) is 0 Å². The number of thioether (sulfide) groups is 1. The molecule has 5 nitrogen and oxygen atoms in total. The van der Waals surface area contributed by atoms with E-state index in [-0.39, 0.29) is 15.0 Å². The van der Waals surface area contributed by atoms with E-state index in [1.54, 1.807) is 24.3 Å². The molecule has 1 aromatic heterocycles. The first-order valence-electron chi connectivity index (χ1n) is 6.56. The summed E-state index contributed by atoms with van der Waals surface area (Å²) in [4.78, 5) is 23.4. The molecule has 1 heterocycles. The van der Waals surface area contributed by atoms with Gasteiger partial charge in [-0.1, -0.05) is 18.2 Å². The van der Waals surface area contributed by atoms with Gasteiger partial charge in [0.05, 0.1) is 0 Å². The van der Waals surface area contributed by atoms with Gasteiger partial charge in [0, 0.05) is 0 Å². The van der Waals surface area contributed by atoms with Crippen molar-refractivity contribution in [1.29, 1.82) is 0 Å². The van der Waals surface area contributed by atoms with Crippen LogP contribution in [0.1, 0.15) is 20.7 Å². The normalized spacial score (nSPS) is 10.4. The van der Waals surface area contributed by atoms with Crippen molar-refractivity contribution in [3.63, 3.8) is 0 Å². The van der Waals surface area contributed by atoms with Gasteiger partial charge in [-0.2, -0.15) is 0 Å². The zero-order valence-corrected chi connectivity index (χ0v) is 14.2. The Balaban J connectivity index is 1.73. The molecule has 7 heteroatoms. The third kappa shape index (κ3) is 3.76. The fourth-order valence-corrected chi connectivity index (χ4v) is 2.73. The average molecular weight is 388 g/mol. The Morgan fingerprint density at radius 1 is 0.913 bits per heavy atom. The first kappa shape index (κ1) is 15.7. The van der Waals surface area contributed by atoms with Gasteiger partial charge in [0.1, 0.15) is 0 Å². The molecule has 0 unspecified atom stereocenters. The van der Waals surface area contributed by atoms with Gasteiger partial charge < -0.3 is 0 Å². The van der Waals surface area contributed by atoms with Crippen molar-refractivity contribution < 1.29 is 14.0 Å². The van der Waals surface area contributed by atoms with Gasteiger partial charge in [-0.25, -0.2) is 0 Å². The summed E-state index contributed by atoms with van der Waals surface area (Å²) in [5.74, 6) is 0.364. The first-order valence-corrected chi connectivity index (χ1v) is 8.23. The fraction of sp³-hybridized carbons (Fsp3) is 0. The molecular weight excluding hydrogens is 379 g/mol. The van der Waals surface area contributed by atoms with Gasteiger partial charge in [0.25, 0.3) is 0 Å². The van der Waals surface area contributed by atoms with Gasteiger partial charge in [0.2, 0.25) is 0 Å². The Labute approximate surface area is 144 Å². The van der Waals surface area contributed by atoms with E-state index >= 15 is 0 Å². The van der Waals surface area contributed by atoms with Gasteiger partial charge >= 0.3 is 126 Å². The number of hydrogen-bond acceptors (Lipinski definition) is 6. The van der Waals surface area contributed by atoms with Crippen molar-refractivity contribution in [2.75, 3.05) is 0 Å². The fourth-order valence-electron chi connectivity index (χ4n) is 1.83. The number of benzene rings is 2. The topological polar surface area (TPSA) is 73.1 Å². The molecule has 0 spiro atoms. The Hall–Kier alpha value is -2.21. The number of hydrogen-bond donors (Lipinski definition) is 0. The molecular formula is C16H9N2O3SSe. The van der Waals surface area contributed by atoms with E-state index < -0.39 is 0 Å². The Morgan fingerprint density at radius 2 is 1.57 bits per heavy atom. The maximum atomic E-state index is 12.2. The molecule has 0 bridgehead atoms. The Kier molecular flexibility index (Phi) is 4.71. The minimum atomic E-state index is -0.229.